The Kier molecular flexibility index (Phi) is 5.75. The molecule has 0 unspecified atom stereocenters. The molecule has 3 heteroatoms. The molecule has 2 aliphatic rings. The summed E-state index contributed by atoms with van der Waals surface area (Å²) >= 11 is 0. The lowest BCUT2D eigenvalue weighted by Crippen LogP contribution is -2.55. The Morgan fingerprint density at radius 2 is 1.10 bits per heavy atom. The van der Waals surface area contributed by atoms with Gasteiger partial charge in [-0.1, -0.05) is 123 Å². The molecule has 10 rings (SSSR count). The summed E-state index contributed by atoms with van der Waals surface area (Å²) in [6.07, 6.45) is 0. The molecule has 0 aliphatic carbocycles. The highest BCUT2D eigenvalue weighted by Gasteiger charge is 2.52. The van der Waals surface area contributed by atoms with Gasteiger partial charge >= 0.3 is 6.85 Å². The molecule has 0 amide bonds. The smallest absolute Gasteiger partial charge is 0.304 e. The monoisotopic (exact) mass is 612 g/mol. The first-order chi connectivity index (χ1) is 23.6. The second-order valence-corrected chi connectivity index (χ2v) is 13.8. The van der Waals surface area contributed by atoms with Gasteiger partial charge in [-0.15, -0.1) is 0 Å². The first-order valence-electron chi connectivity index (χ1n) is 16.9. The molecule has 0 atom stereocenters. The summed E-state index contributed by atoms with van der Waals surface area (Å²) in [5.41, 5.74) is 16.7. The van der Waals surface area contributed by atoms with E-state index in [9.17, 15) is 0 Å². The molecule has 3 heterocycles. The van der Waals surface area contributed by atoms with Crippen LogP contribution in [0.3, 0.4) is 0 Å². The molecule has 0 spiro atoms. The molecule has 226 valence electrons. The topological polar surface area (TPSA) is 8.17 Å². The van der Waals surface area contributed by atoms with E-state index in [1.54, 1.807) is 0 Å². The summed E-state index contributed by atoms with van der Waals surface area (Å²) < 4.78 is 2.38. The SMILES string of the molecule is CC1(C)B2c3ccccc3-c3ccccc3N2c2ccc(-c3cccc(-c4ccc5c(c4)c4ccccc4n5-c4ccccc4)c3)cc21. The van der Waals surface area contributed by atoms with Gasteiger partial charge in [0.1, 0.15) is 0 Å². The highest BCUT2D eigenvalue weighted by molar-refractivity contribution is 6.84. The number of anilines is 2. The maximum atomic E-state index is 2.59. The fraction of sp³-hybridized carbons (Fsp3) is 0.0667. The first kappa shape index (κ1) is 27.3. The molecule has 2 nitrogen and oxygen atoms in total. The van der Waals surface area contributed by atoms with E-state index in [1.807, 2.05) is 0 Å². The Morgan fingerprint density at radius 3 is 1.96 bits per heavy atom. The van der Waals surface area contributed by atoms with Crippen molar-refractivity contribution in [1.29, 1.82) is 0 Å². The molecule has 0 fully saturated rings. The maximum Gasteiger partial charge on any atom is 0.304 e. The zero-order chi connectivity index (χ0) is 32.0. The second-order valence-electron chi connectivity index (χ2n) is 13.8. The summed E-state index contributed by atoms with van der Waals surface area (Å²) in [6, 6.07) is 60.4. The van der Waals surface area contributed by atoms with Crippen molar-refractivity contribution < 1.29 is 0 Å². The van der Waals surface area contributed by atoms with Crippen LogP contribution in [0, 0.1) is 0 Å². The van der Waals surface area contributed by atoms with Crippen LogP contribution >= 0.6 is 0 Å². The van der Waals surface area contributed by atoms with Crippen molar-refractivity contribution in [2.24, 2.45) is 0 Å². The van der Waals surface area contributed by atoms with E-state index in [0.717, 1.165) is 0 Å². The van der Waals surface area contributed by atoms with Crippen LogP contribution < -0.4 is 10.3 Å². The number of rotatable bonds is 3. The van der Waals surface area contributed by atoms with E-state index in [2.05, 4.69) is 187 Å². The van der Waals surface area contributed by atoms with Crippen LogP contribution in [0.25, 0.3) is 60.9 Å². The average molecular weight is 613 g/mol. The van der Waals surface area contributed by atoms with Gasteiger partial charge in [0.25, 0.3) is 0 Å². The van der Waals surface area contributed by atoms with Gasteiger partial charge in [0.15, 0.2) is 0 Å². The molecule has 0 N–H and O–H groups in total. The number of aromatic nitrogens is 1. The molecule has 7 aromatic carbocycles. The quantitative estimate of drug-likeness (QED) is 0.180. The van der Waals surface area contributed by atoms with Crippen LogP contribution in [0.2, 0.25) is 0 Å². The third-order valence-electron chi connectivity index (χ3n) is 10.8. The zero-order valence-corrected chi connectivity index (χ0v) is 27.1. The van der Waals surface area contributed by atoms with Gasteiger partial charge in [-0.3, -0.25) is 0 Å². The number of benzene rings is 7. The van der Waals surface area contributed by atoms with Crippen molar-refractivity contribution in [1.82, 2.24) is 4.57 Å². The van der Waals surface area contributed by atoms with Crippen molar-refractivity contribution in [3.05, 3.63) is 169 Å². The van der Waals surface area contributed by atoms with E-state index in [1.165, 1.54) is 83.3 Å². The van der Waals surface area contributed by atoms with Crippen LogP contribution in [0.5, 0.6) is 0 Å². The van der Waals surface area contributed by atoms with Crippen molar-refractivity contribution in [3.63, 3.8) is 0 Å². The highest BCUT2D eigenvalue weighted by Crippen LogP contribution is 2.52. The van der Waals surface area contributed by atoms with Crippen LogP contribution in [-0.2, 0) is 5.31 Å². The molecule has 0 saturated heterocycles. The van der Waals surface area contributed by atoms with Gasteiger partial charge in [-0.25, -0.2) is 0 Å². The molecule has 2 aliphatic heterocycles. The molecule has 0 radical (unpaired) electrons. The molecule has 8 aromatic rings. The Balaban J connectivity index is 1.08. The summed E-state index contributed by atoms with van der Waals surface area (Å²) in [7, 11) is 0. The fourth-order valence-electron chi connectivity index (χ4n) is 8.63. The Hall–Kier alpha value is -5.80. The minimum atomic E-state index is -0.0788. The summed E-state index contributed by atoms with van der Waals surface area (Å²) in [6.45, 7) is 5.08. The fourth-order valence-corrected chi connectivity index (χ4v) is 8.63. The van der Waals surface area contributed by atoms with Crippen LogP contribution in [0.15, 0.2) is 164 Å². The number of hydrogen-bond donors (Lipinski definition) is 0. The standard InChI is InChI=1S/C45H33BN2/c1-45(2)39-29-33(24-26-44(39)48-43-22-11-8-18-36(43)35-17-6-9-20-40(35)46(45)48)31-14-12-13-30(27-31)32-23-25-42-38(28-32)37-19-7-10-21-41(37)47(42)34-15-4-3-5-16-34/h3-29H,1-2H3. The summed E-state index contributed by atoms with van der Waals surface area (Å²) in [5, 5.41) is 2.47. The van der Waals surface area contributed by atoms with Crippen molar-refractivity contribution in [3.8, 4) is 39.1 Å². The van der Waals surface area contributed by atoms with E-state index in [0.29, 0.717) is 0 Å². The van der Waals surface area contributed by atoms with Crippen molar-refractivity contribution >= 4 is 45.5 Å². The molecule has 1 aromatic heterocycles. The van der Waals surface area contributed by atoms with Gasteiger partial charge in [0.05, 0.1) is 11.0 Å². The molecule has 0 saturated carbocycles. The van der Waals surface area contributed by atoms with Crippen LogP contribution in [0.1, 0.15) is 19.4 Å². The molecule has 0 bridgehead atoms. The van der Waals surface area contributed by atoms with Crippen LogP contribution in [0.4, 0.5) is 11.4 Å². The van der Waals surface area contributed by atoms with E-state index >= 15 is 0 Å². The normalized spacial score (nSPS) is 14.1. The number of nitrogens with zero attached hydrogens (tertiary/aromatic N) is 2. The third-order valence-corrected chi connectivity index (χ3v) is 10.8. The molecular weight excluding hydrogens is 579 g/mol. The molecular formula is C45H33BN2. The van der Waals surface area contributed by atoms with Crippen molar-refractivity contribution in [2.45, 2.75) is 19.2 Å². The largest absolute Gasteiger partial charge is 0.380 e. The highest BCUT2D eigenvalue weighted by atomic mass is 15.1. The minimum absolute atomic E-state index is 0.0788. The zero-order valence-electron chi connectivity index (χ0n) is 27.1. The van der Waals surface area contributed by atoms with Gasteiger partial charge in [-0.2, -0.15) is 0 Å². The van der Waals surface area contributed by atoms with Gasteiger partial charge in [0.2, 0.25) is 0 Å². The summed E-state index contributed by atoms with van der Waals surface area (Å²) in [5.74, 6) is 0. The number of para-hydroxylation sites is 3. The lowest BCUT2D eigenvalue weighted by Gasteiger charge is -2.38. The van der Waals surface area contributed by atoms with E-state index < -0.39 is 0 Å². The lowest BCUT2D eigenvalue weighted by molar-refractivity contribution is 0.759. The second kappa shape index (κ2) is 10.1. The van der Waals surface area contributed by atoms with E-state index in [-0.39, 0.29) is 12.2 Å². The number of hydrogen-bond acceptors (Lipinski definition) is 1. The predicted octanol–water partition coefficient (Wildman–Crippen LogP) is 11.0. The Labute approximate surface area is 281 Å². The Bertz CT molecular complexity index is 2560. The van der Waals surface area contributed by atoms with E-state index in [4.69, 9.17) is 0 Å². The molecule has 48 heavy (non-hydrogen) atoms. The maximum absolute atomic E-state index is 2.59. The van der Waals surface area contributed by atoms with Gasteiger partial charge in [0, 0.05) is 33.4 Å². The number of fused-ring (bicyclic) bond motifs is 11. The predicted molar refractivity (Wildman–Crippen MR) is 204 cm³/mol. The third kappa shape index (κ3) is 3.82. The lowest BCUT2D eigenvalue weighted by atomic mass is 9.37. The van der Waals surface area contributed by atoms with Gasteiger partial charge < -0.3 is 9.38 Å². The Morgan fingerprint density at radius 1 is 0.458 bits per heavy atom. The first-order valence-corrected chi connectivity index (χ1v) is 16.9. The van der Waals surface area contributed by atoms with Crippen molar-refractivity contribution in [2.75, 3.05) is 4.81 Å². The summed E-state index contributed by atoms with van der Waals surface area (Å²) in [4.78, 5) is 2.59. The average Bonchev–Trinajstić information content (AvgIpc) is 3.60. The van der Waals surface area contributed by atoms with Crippen LogP contribution in [-0.4, -0.2) is 11.4 Å². The van der Waals surface area contributed by atoms with Gasteiger partial charge in [-0.05, 0) is 98.8 Å². The minimum Gasteiger partial charge on any atom is -0.380 e.